The van der Waals surface area contributed by atoms with E-state index in [0.717, 1.165) is 33.1 Å². The summed E-state index contributed by atoms with van der Waals surface area (Å²) in [5, 5.41) is 7.36. The van der Waals surface area contributed by atoms with E-state index < -0.39 is 0 Å². The summed E-state index contributed by atoms with van der Waals surface area (Å²) in [5.74, 6) is 0. The van der Waals surface area contributed by atoms with Crippen LogP contribution in [0.25, 0.3) is 86.3 Å². The van der Waals surface area contributed by atoms with Gasteiger partial charge in [-0.25, -0.2) is 4.98 Å². The monoisotopic (exact) mass is 604 g/mol. The minimum atomic E-state index is -0.0907. The standard InChI is InChI=1S/C43H28N2S/c1-43(2)35-21-20-33-32-11-5-6-12-38(32)46-42(33)39(35)34-17-15-27(24-36(34)43)28-18-19-31(30-10-4-3-9-29(28)30)37-22-16-26-14-13-25-8-7-23-44-40(25)41(26)45-37/h3-24H,1-2H3. The Bertz CT molecular complexity index is 2730. The quantitative estimate of drug-likeness (QED) is 0.183. The van der Waals surface area contributed by atoms with Gasteiger partial charge in [-0.2, -0.15) is 0 Å². The smallest absolute Gasteiger partial charge is 0.0972 e. The normalized spacial score (nSPS) is 13.6. The molecule has 1 aliphatic rings. The maximum Gasteiger partial charge on any atom is 0.0972 e. The van der Waals surface area contributed by atoms with E-state index in [2.05, 4.69) is 140 Å². The van der Waals surface area contributed by atoms with Gasteiger partial charge in [0.05, 0.1) is 16.7 Å². The van der Waals surface area contributed by atoms with Crippen LogP contribution in [-0.2, 0) is 5.41 Å². The Morgan fingerprint density at radius 2 is 1.26 bits per heavy atom. The molecule has 0 unspecified atom stereocenters. The highest BCUT2D eigenvalue weighted by Crippen LogP contribution is 2.54. The molecule has 9 aromatic rings. The fraction of sp³-hybridized carbons (Fsp3) is 0.0698. The first-order valence-corrected chi connectivity index (χ1v) is 16.6. The van der Waals surface area contributed by atoms with Crippen LogP contribution in [0.1, 0.15) is 25.0 Å². The fourth-order valence-electron chi connectivity index (χ4n) is 7.82. The van der Waals surface area contributed by atoms with E-state index in [-0.39, 0.29) is 5.41 Å². The lowest BCUT2D eigenvalue weighted by molar-refractivity contribution is 0.661. The van der Waals surface area contributed by atoms with E-state index in [1.165, 1.54) is 64.3 Å². The van der Waals surface area contributed by atoms with Crippen LogP contribution in [0.15, 0.2) is 134 Å². The summed E-state index contributed by atoms with van der Waals surface area (Å²) < 4.78 is 2.75. The van der Waals surface area contributed by atoms with Crippen molar-refractivity contribution in [1.29, 1.82) is 0 Å². The third kappa shape index (κ3) is 3.52. The van der Waals surface area contributed by atoms with Crippen LogP contribution < -0.4 is 0 Å². The van der Waals surface area contributed by atoms with Crippen molar-refractivity contribution in [3.63, 3.8) is 0 Å². The highest BCUT2D eigenvalue weighted by atomic mass is 32.1. The molecule has 6 aromatic carbocycles. The van der Waals surface area contributed by atoms with Crippen LogP contribution in [0.2, 0.25) is 0 Å². The second-order valence-electron chi connectivity index (χ2n) is 13.0. The van der Waals surface area contributed by atoms with Crippen molar-refractivity contribution in [3.8, 4) is 33.5 Å². The first-order valence-electron chi connectivity index (χ1n) is 15.8. The van der Waals surface area contributed by atoms with Crippen LogP contribution in [0.3, 0.4) is 0 Å². The van der Waals surface area contributed by atoms with Crippen LogP contribution in [0.4, 0.5) is 0 Å². The predicted octanol–water partition coefficient (Wildman–Crippen LogP) is 11.9. The SMILES string of the molecule is CC1(C)c2cc(-c3ccc(-c4ccc5ccc6cccnc6c5n4)c4ccccc34)ccc2-c2c1ccc1c2sc2ccccc21. The molecular weight excluding hydrogens is 577 g/mol. The average molecular weight is 605 g/mol. The molecule has 10 rings (SSSR count). The summed E-state index contributed by atoms with van der Waals surface area (Å²) in [6.45, 7) is 4.76. The number of hydrogen-bond donors (Lipinski definition) is 0. The maximum absolute atomic E-state index is 5.19. The average Bonchev–Trinajstić information content (AvgIpc) is 3.59. The zero-order valence-electron chi connectivity index (χ0n) is 25.5. The molecule has 0 spiro atoms. The molecule has 216 valence electrons. The van der Waals surface area contributed by atoms with Gasteiger partial charge in [-0.15, -0.1) is 11.3 Å². The largest absolute Gasteiger partial charge is 0.254 e. The summed E-state index contributed by atoms with van der Waals surface area (Å²) in [5.41, 5.74) is 12.0. The Hall–Kier alpha value is -5.38. The molecule has 0 amide bonds. The molecule has 0 N–H and O–H groups in total. The summed E-state index contributed by atoms with van der Waals surface area (Å²) >= 11 is 1.92. The van der Waals surface area contributed by atoms with Crippen LogP contribution >= 0.6 is 11.3 Å². The first-order chi connectivity index (χ1) is 22.6. The van der Waals surface area contributed by atoms with Crippen LogP contribution in [0.5, 0.6) is 0 Å². The molecule has 46 heavy (non-hydrogen) atoms. The molecule has 3 heterocycles. The Morgan fingerprint density at radius 1 is 0.543 bits per heavy atom. The Kier molecular flexibility index (Phi) is 5.25. The van der Waals surface area contributed by atoms with Gasteiger partial charge in [-0.3, -0.25) is 4.98 Å². The summed E-state index contributed by atoms with van der Waals surface area (Å²) in [4.78, 5) is 9.88. The van der Waals surface area contributed by atoms with E-state index in [0.29, 0.717) is 0 Å². The van der Waals surface area contributed by atoms with Crippen LogP contribution in [0, 0.1) is 0 Å². The first kappa shape index (κ1) is 25.9. The lowest BCUT2D eigenvalue weighted by atomic mass is 9.81. The van der Waals surface area contributed by atoms with Gasteiger partial charge in [0.25, 0.3) is 0 Å². The molecular formula is C43H28N2S. The maximum atomic E-state index is 5.19. The molecule has 2 nitrogen and oxygen atoms in total. The lowest BCUT2D eigenvalue weighted by Gasteiger charge is -2.22. The van der Waals surface area contributed by atoms with Crippen molar-refractivity contribution < 1.29 is 0 Å². The molecule has 3 aromatic heterocycles. The zero-order valence-corrected chi connectivity index (χ0v) is 26.3. The van der Waals surface area contributed by atoms with Crippen molar-refractivity contribution in [1.82, 2.24) is 9.97 Å². The van der Waals surface area contributed by atoms with E-state index >= 15 is 0 Å². The van der Waals surface area contributed by atoms with Crippen molar-refractivity contribution >= 4 is 64.1 Å². The molecule has 0 saturated heterocycles. The molecule has 0 atom stereocenters. The van der Waals surface area contributed by atoms with Gasteiger partial charge in [0.1, 0.15) is 0 Å². The minimum absolute atomic E-state index is 0.0907. The number of fused-ring (bicyclic) bond motifs is 11. The van der Waals surface area contributed by atoms with E-state index in [1.54, 1.807) is 0 Å². The van der Waals surface area contributed by atoms with Gasteiger partial charge in [0.2, 0.25) is 0 Å². The van der Waals surface area contributed by atoms with Gasteiger partial charge >= 0.3 is 0 Å². The predicted molar refractivity (Wildman–Crippen MR) is 196 cm³/mol. The summed E-state index contributed by atoms with van der Waals surface area (Å²) in [7, 11) is 0. The van der Waals surface area contributed by atoms with Gasteiger partial charge in [-0.1, -0.05) is 117 Å². The number of rotatable bonds is 2. The number of hydrogen-bond acceptors (Lipinski definition) is 3. The number of thiophene rings is 1. The second kappa shape index (κ2) is 9.32. The molecule has 0 bridgehead atoms. The number of aromatic nitrogens is 2. The number of benzene rings is 6. The van der Waals surface area contributed by atoms with Crippen LogP contribution in [-0.4, -0.2) is 9.97 Å². The van der Waals surface area contributed by atoms with E-state index in [9.17, 15) is 0 Å². The van der Waals surface area contributed by atoms with Gasteiger partial charge in [0.15, 0.2) is 0 Å². The summed E-state index contributed by atoms with van der Waals surface area (Å²) in [6, 6.07) is 46.6. The van der Waals surface area contributed by atoms with Crippen molar-refractivity contribution in [2.75, 3.05) is 0 Å². The highest BCUT2D eigenvalue weighted by molar-refractivity contribution is 7.26. The fourth-order valence-corrected chi connectivity index (χ4v) is 9.08. The Morgan fingerprint density at radius 3 is 2.13 bits per heavy atom. The molecule has 0 aliphatic heterocycles. The summed E-state index contributed by atoms with van der Waals surface area (Å²) in [6.07, 6.45) is 1.85. The van der Waals surface area contributed by atoms with Gasteiger partial charge < -0.3 is 0 Å². The molecule has 0 fully saturated rings. The Labute approximate surface area is 270 Å². The third-order valence-corrected chi connectivity index (χ3v) is 11.3. The molecule has 0 radical (unpaired) electrons. The zero-order chi connectivity index (χ0) is 30.6. The number of pyridine rings is 2. The molecule has 3 heteroatoms. The topological polar surface area (TPSA) is 25.8 Å². The van der Waals surface area contributed by atoms with Gasteiger partial charge in [0, 0.05) is 53.7 Å². The lowest BCUT2D eigenvalue weighted by Crippen LogP contribution is -2.14. The van der Waals surface area contributed by atoms with Crippen molar-refractivity contribution in [2.45, 2.75) is 19.3 Å². The molecule has 1 aliphatic carbocycles. The van der Waals surface area contributed by atoms with Crippen molar-refractivity contribution in [2.24, 2.45) is 0 Å². The molecule has 0 saturated carbocycles. The third-order valence-electron chi connectivity index (χ3n) is 10.1. The minimum Gasteiger partial charge on any atom is -0.254 e. The van der Waals surface area contributed by atoms with Gasteiger partial charge in [-0.05, 0) is 62.9 Å². The Balaban J connectivity index is 1.15. The number of nitrogens with zero attached hydrogens (tertiary/aromatic N) is 2. The second-order valence-corrected chi connectivity index (χ2v) is 14.0. The van der Waals surface area contributed by atoms with E-state index in [1.807, 2.05) is 23.6 Å². The highest BCUT2D eigenvalue weighted by Gasteiger charge is 2.37. The van der Waals surface area contributed by atoms with E-state index in [4.69, 9.17) is 4.98 Å². The van der Waals surface area contributed by atoms with Crippen molar-refractivity contribution in [3.05, 3.63) is 145 Å².